The average Bonchev–Trinajstić information content (AvgIpc) is 2.61. The highest BCUT2D eigenvalue weighted by atomic mass is 16.2. The molecule has 4 heteroatoms. The number of nitrogens with two attached hydrogens (primary N) is 1. The summed E-state index contributed by atoms with van der Waals surface area (Å²) in [6.07, 6.45) is 5.82. The van der Waals surface area contributed by atoms with E-state index >= 15 is 0 Å². The van der Waals surface area contributed by atoms with Crippen molar-refractivity contribution in [3.8, 4) is 0 Å². The molecule has 2 atom stereocenters. The Morgan fingerprint density at radius 1 is 1.39 bits per heavy atom. The fourth-order valence-corrected chi connectivity index (χ4v) is 3.38. The molecule has 0 saturated carbocycles. The van der Waals surface area contributed by atoms with Crippen LogP contribution in [0.25, 0.3) is 0 Å². The number of hydrogen-bond donors (Lipinski definition) is 1. The van der Waals surface area contributed by atoms with Gasteiger partial charge in [0.25, 0.3) is 5.91 Å². The summed E-state index contributed by atoms with van der Waals surface area (Å²) in [4.78, 5) is 18.8. The first kappa shape index (κ1) is 11.7. The lowest BCUT2D eigenvalue weighted by Crippen LogP contribution is -2.50. The molecule has 4 nitrogen and oxygen atoms in total. The van der Waals surface area contributed by atoms with E-state index in [0.29, 0.717) is 12.1 Å². The highest BCUT2D eigenvalue weighted by molar-refractivity contribution is 5.95. The van der Waals surface area contributed by atoms with Crippen LogP contribution >= 0.6 is 0 Å². The van der Waals surface area contributed by atoms with Gasteiger partial charge in [-0.25, -0.2) is 0 Å². The molecule has 18 heavy (non-hydrogen) atoms. The number of rotatable bonds is 1. The standard InChI is InChI=1S/C14H19N3O/c1-9-6-10(4-5-16-9)14(18)17-12-2-3-13(17)8-11(15)7-12/h4-6,11-13H,2-3,7-8,15H2,1H3. The number of nitrogens with zero attached hydrogens (tertiary/aromatic N) is 2. The van der Waals surface area contributed by atoms with Crippen molar-refractivity contribution in [2.24, 2.45) is 5.73 Å². The molecule has 1 aromatic rings. The van der Waals surface area contributed by atoms with Crippen LogP contribution in [0.4, 0.5) is 0 Å². The van der Waals surface area contributed by atoms with Crippen molar-refractivity contribution in [2.75, 3.05) is 0 Å². The van der Waals surface area contributed by atoms with E-state index in [4.69, 9.17) is 5.73 Å². The molecule has 0 spiro atoms. The second-order valence-corrected chi connectivity index (χ2v) is 5.51. The molecule has 2 aliphatic rings. The fraction of sp³-hybridized carbons (Fsp3) is 0.571. The van der Waals surface area contributed by atoms with Crippen LogP contribution in [0.2, 0.25) is 0 Å². The maximum Gasteiger partial charge on any atom is 0.254 e. The minimum Gasteiger partial charge on any atom is -0.333 e. The summed E-state index contributed by atoms with van der Waals surface area (Å²) in [5, 5.41) is 0. The average molecular weight is 245 g/mol. The second kappa shape index (κ2) is 4.35. The van der Waals surface area contributed by atoms with E-state index in [0.717, 1.165) is 36.9 Å². The van der Waals surface area contributed by atoms with E-state index in [1.807, 2.05) is 19.1 Å². The van der Waals surface area contributed by atoms with Crippen LogP contribution in [0.15, 0.2) is 18.3 Å². The first-order valence-corrected chi connectivity index (χ1v) is 6.66. The predicted molar refractivity (Wildman–Crippen MR) is 69.2 cm³/mol. The largest absolute Gasteiger partial charge is 0.333 e. The number of pyridine rings is 1. The molecule has 0 aliphatic carbocycles. The van der Waals surface area contributed by atoms with E-state index in [9.17, 15) is 4.79 Å². The van der Waals surface area contributed by atoms with Gasteiger partial charge in [0, 0.05) is 35.6 Å². The Kier molecular flexibility index (Phi) is 2.82. The summed E-state index contributed by atoms with van der Waals surface area (Å²) < 4.78 is 0. The summed E-state index contributed by atoms with van der Waals surface area (Å²) in [7, 11) is 0. The van der Waals surface area contributed by atoms with Gasteiger partial charge in [0.2, 0.25) is 0 Å². The first-order chi connectivity index (χ1) is 8.65. The maximum absolute atomic E-state index is 12.6. The molecule has 2 saturated heterocycles. The number of amides is 1. The van der Waals surface area contributed by atoms with Gasteiger partial charge in [-0.15, -0.1) is 0 Å². The third kappa shape index (κ3) is 1.90. The number of piperidine rings is 1. The van der Waals surface area contributed by atoms with Gasteiger partial charge in [0.1, 0.15) is 0 Å². The number of fused-ring (bicyclic) bond motifs is 2. The molecule has 96 valence electrons. The molecule has 2 unspecified atom stereocenters. The van der Waals surface area contributed by atoms with Crippen molar-refractivity contribution in [2.45, 2.75) is 50.7 Å². The molecule has 1 aromatic heterocycles. The van der Waals surface area contributed by atoms with Gasteiger partial charge >= 0.3 is 0 Å². The lowest BCUT2D eigenvalue weighted by atomic mass is 9.97. The van der Waals surface area contributed by atoms with E-state index in [-0.39, 0.29) is 11.9 Å². The third-order valence-corrected chi connectivity index (χ3v) is 4.15. The molecule has 0 radical (unpaired) electrons. The lowest BCUT2D eigenvalue weighted by Gasteiger charge is -2.37. The van der Waals surface area contributed by atoms with Crippen molar-refractivity contribution in [1.82, 2.24) is 9.88 Å². The summed E-state index contributed by atoms with van der Waals surface area (Å²) in [6, 6.07) is 4.64. The van der Waals surface area contributed by atoms with Gasteiger partial charge < -0.3 is 10.6 Å². The maximum atomic E-state index is 12.6. The minimum atomic E-state index is 0.153. The zero-order valence-electron chi connectivity index (χ0n) is 10.7. The van der Waals surface area contributed by atoms with Crippen LogP contribution in [0.5, 0.6) is 0 Å². The number of carbonyl (C=O) groups is 1. The highest BCUT2D eigenvalue weighted by Crippen LogP contribution is 2.36. The fourth-order valence-electron chi connectivity index (χ4n) is 3.38. The van der Waals surface area contributed by atoms with Crippen LogP contribution in [-0.4, -0.2) is 33.9 Å². The minimum absolute atomic E-state index is 0.153. The zero-order chi connectivity index (χ0) is 12.7. The molecule has 2 fully saturated rings. The van der Waals surface area contributed by atoms with Gasteiger partial charge in [-0.05, 0) is 44.7 Å². The molecule has 2 bridgehead atoms. The van der Waals surface area contributed by atoms with Gasteiger partial charge in [-0.3, -0.25) is 9.78 Å². The number of hydrogen-bond acceptors (Lipinski definition) is 3. The smallest absolute Gasteiger partial charge is 0.254 e. The van der Waals surface area contributed by atoms with Gasteiger partial charge in [-0.1, -0.05) is 0 Å². The normalized spacial score (nSPS) is 30.6. The molecule has 0 aromatic carbocycles. The second-order valence-electron chi connectivity index (χ2n) is 5.51. The summed E-state index contributed by atoms with van der Waals surface area (Å²) in [5.41, 5.74) is 7.68. The topological polar surface area (TPSA) is 59.2 Å². The predicted octanol–water partition coefficient (Wildman–Crippen LogP) is 1.48. The first-order valence-electron chi connectivity index (χ1n) is 6.66. The Bertz CT molecular complexity index is 460. The van der Waals surface area contributed by atoms with E-state index in [1.54, 1.807) is 6.20 Å². The summed E-state index contributed by atoms with van der Waals surface area (Å²) in [5.74, 6) is 0.153. The number of aryl methyl sites for hydroxylation is 1. The molecular weight excluding hydrogens is 226 g/mol. The number of aromatic nitrogens is 1. The van der Waals surface area contributed by atoms with Crippen molar-refractivity contribution < 1.29 is 4.79 Å². The lowest BCUT2D eigenvalue weighted by molar-refractivity contribution is 0.0575. The van der Waals surface area contributed by atoms with Gasteiger partial charge in [0.15, 0.2) is 0 Å². The van der Waals surface area contributed by atoms with E-state index < -0.39 is 0 Å². The summed E-state index contributed by atoms with van der Waals surface area (Å²) >= 11 is 0. The van der Waals surface area contributed by atoms with Crippen LogP contribution < -0.4 is 5.73 Å². The van der Waals surface area contributed by atoms with Gasteiger partial charge in [-0.2, -0.15) is 0 Å². The molecular formula is C14H19N3O. The molecule has 2 aliphatic heterocycles. The monoisotopic (exact) mass is 245 g/mol. The summed E-state index contributed by atoms with van der Waals surface area (Å²) in [6.45, 7) is 1.91. The van der Waals surface area contributed by atoms with Crippen LogP contribution in [0.3, 0.4) is 0 Å². The zero-order valence-corrected chi connectivity index (χ0v) is 10.7. The van der Waals surface area contributed by atoms with Crippen molar-refractivity contribution >= 4 is 5.91 Å². The SMILES string of the molecule is Cc1cc(C(=O)N2C3CCC2CC(N)C3)ccn1. The van der Waals surface area contributed by atoms with E-state index in [1.165, 1.54) is 0 Å². The van der Waals surface area contributed by atoms with Crippen LogP contribution in [0.1, 0.15) is 41.7 Å². The molecule has 1 amide bonds. The third-order valence-electron chi connectivity index (χ3n) is 4.15. The van der Waals surface area contributed by atoms with Gasteiger partial charge in [0.05, 0.1) is 0 Å². The van der Waals surface area contributed by atoms with Crippen molar-refractivity contribution in [3.05, 3.63) is 29.6 Å². The Hall–Kier alpha value is -1.42. The van der Waals surface area contributed by atoms with Crippen molar-refractivity contribution in [1.29, 1.82) is 0 Å². The highest BCUT2D eigenvalue weighted by Gasteiger charge is 2.42. The molecule has 3 heterocycles. The van der Waals surface area contributed by atoms with Crippen molar-refractivity contribution in [3.63, 3.8) is 0 Å². The Labute approximate surface area is 107 Å². The quantitative estimate of drug-likeness (QED) is 0.815. The molecule has 2 N–H and O–H groups in total. The van der Waals surface area contributed by atoms with Crippen LogP contribution in [0, 0.1) is 6.92 Å². The van der Waals surface area contributed by atoms with E-state index in [2.05, 4.69) is 9.88 Å². The Morgan fingerprint density at radius 3 is 2.67 bits per heavy atom. The number of carbonyl (C=O) groups excluding carboxylic acids is 1. The molecule has 3 rings (SSSR count). The Morgan fingerprint density at radius 2 is 2.06 bits per heavy atom. The van der Waals surface area contributed by atoms with Crippen LogP contribution in [-0.2, 0) is 0 Å². The Balaban J connectivity index is 1.85.